The maximum absolute atomic E-state index is 6.12. The zero-order valence-electron chi connectivity index (χ0n) is 10.9. The Hall–Kier alpha value is -1.03. The van der Waals surface area contributed by atoms with E-state index in [4.69, 9.17) is 16.3 Å². The molecule has 0 spiro atoms. The maximum Gasteiger partial charge on any atom is 0.318 e. The number of nitrogens with one attached hydrogen (secondary N) is 1. The van der Waals surface area contributed by atoms with Gasteiger partial charge >= 0.3 is 6.01 Å². The summed E-state index contributed by atoms with van der Waals surface area (Å²) in [5.41, 5.74) is 0. The standard InChI is InChI=1S/C13H20ClN3O/c1-3-9-6-4-5-7-11(9)16-12-10(14)8-15-13(17-12)18-2/h8-9,11H,3-7H2,1-2H3,(H,15,16,17). The molecule has 0 bridgehead atoms. The summed E-state index contributed by atoms with van der Waals surface area (Å²) in [5, 5.41) is 4.01. The number of anilines is 1. The highest BCUT2D eigenvalue weighted by atomic mass is 35.5. The highest BCUT2D eigenvalue weighted by Gasteiger charge is 2.24. The molecule has 5 heteroatoms. The lowest BCUT2D eigenvalue weighted by atomic mass is 9.83. The average molecular weight is 270 g/mol. The van der Waals surface area contributed by atoms with E-state index in [1.54, 1.807) is 13.3 Å². The van der Waals surface area contributed by atoms with Crippen LogP contribution in [0, 0.1) is 5.92 Å². The number of aromatic nitrogens is 2. The molecule has 0 aromatic carbocycles. The van der Waals surface area contributed by atoms with Crippen LogP contribution in [0.1, 0.15) is 39.0 Å². The van der Waals surface area contributed by atoms with Crippen molar-refractivity contribution < 1.29 is 4.74 Å². The summed E-state index contributed by atoms with van der Waals surface area (Å²) >= 11 is 6.12. The lowest BCUT2D eigenvalue weighted by Gasteiger charge is -2.32. The monoisotopic (exact) mass is 269 g/mol. The van der Waals surface area contributed by atoms with Crippen molar-refractivity contribution in [2.45, 2.75) is 45.1 Å². The smallest absolute Gasteiger partial charge is 0.318 e. The Bertz CT molecular complexity index is 400. The quantitative estimate of drug-likeness (QED) is 0.909. The van der Waals surface area contributed by atoms with E-state index in [0.29, 0.717) is 28.8 Å². The number of ether oxygens (including phenoxy) is 1. The highest BCUT2D eigenvalue weighted by Crippen LogP contribution is 2.31. The van der Waals surface area contributed by atoms with E-state index in [-0.39, 0.29) is 0 Å². The van der Waals surface area contributed by atoms with Gasteiger partial charge in [-0.1, -0.05) is 37.8 Å². The van der Waals surface area contributed by atoms with Gasteiger partial charge in [0.1, 0.15) is 5.02 Å². The number of halogens is 1. The fourth-order valence-corrected chi connectivity index (χ4v) is 2.76. The predicted octanol–water partition coefficient (Wildman–Crippen LogP) is 3.52. The van der Waals surface area contributed by atoms with Crippen molar-refractivity contribution in [1.29, 1.82) is 0 Å². The highest BCUT2D eigenvalue weighted by molar-refractivity contribution is 6.32. The van der Waals surface area contributed by atoms with Crippen LogP contribution in [-0.4, -0.2) is 23.1 Å². The summed E-state index contributed by atoms with van der Waals surface area (Å²) in [7, 11) is 1.56. The van der Waals surface area contributed by atoms with Gasteiger partial charge in [0.05, 0.1) is 13.3 Å². The zero-order chi connectivity index (χ0) is 13.0. The maximum atomic E-state index is 6.12. The first kappa shape index (κ1) is 13.4. The molecule has 1 aromatic rings. The van der Waals surface area contributed by atoms with Gasteiger partial charge in [0.25, 0.3) is 0 Å². The average Bonchev–Trinajstić information content (AvgIpc) is 2.42. The Balaban J connectivity index is 2.11. The van der Waals surface area contributed by atoms with Crippen molar-refractivity contribution in [2.24, 2.45) is 5.92 Å². The van der Waals surface area contributed by atoms with Gasteiger partial charge in [-0.3, -0.25) is 0 Å². The van der Waals surface area contributed by atoms with E-state index in [2.05, 4.69) is 22.2 Å². The van der Waals surface area contributed by atoms with E-state index < -0.39 is 0 Å². The van der Waals surface area contributed by atoms with Gasteiger partial charge in [0, 0.05) is 6.04 Å². The van der Waals surface area contributed by atoms with Crippen molar-refractivity contribution in [3.8, 4) is 6.01 Å². The van der Waals surface area contributed by atoms with Gasteiger partial charge in [-0.15, -0.1) is 0 Å². The van der Waals surface area contributed by atoms with Crippen LogP contribution in [0.4, 0.5) is 5.82 Å². The molecule has 2 atom stereocenters. The minimum absolute atomic E-state index is 0.353. The number of methoxy groups -OCH3 is 1. The molecule has 1 fully saturated rings. The first-order valence-electron chi connectivity index (χ1n) is 6.57. The van der Waals surface area contributed by atoms with Crippen molar-refractivity contribution in [2.75, 3.05) is 12.4 Å². The summed E-state index contributed by atoms with van der Waals surface area (Å²) < 4.78 is 5.03. The van der Waals surface area contributed by atoms with Gasteiger partial charge in [-0.25, -0.2) is 4.98 Å². The molecular formula is C13H20ClN3O. The van der Waals surface area contributed by atoms with Gasteiger partial charge < -0.3 is 10.1 Å². The minimum atomic E-state index is 0.353. The normalized spacial score (nSPS) is 23.7. The minimum Gasteiger partial charge on any atom is -0.467 e. The van der Waals surface area contributed by atoms with Gasteiger partial charge in [0.15, 0.2) is 5.82 Å². The number of hydrogen-bond acceptors (Lipinski definition) is 4. The molecular weight excluding hydrogens is 250 g/mol. The molecule has 1 aromatic heterocycles. The van der Waals surface area contributed by atoms with Gasteiger partial charge in [-0.2, -0.15) is 4.98 Å². The fourth-order valence-electron chi connectivity index (χ4n) is 2.61. The van der Waals surface area contributed by atoms with Crippen LogP contribution < -0.4 is 10.1 Å². The molecule has 1 aliphatic rings. The Morgan fingerprint density at radius 3 is 2.94 bits per heavy atom. The summed E-state index contributed by atoms with van der Waals surface area (Å²) in [6.07, 6.45) is 7.84. The van der Waals surface area contributed by atoms with E-state index in [0.717, 1.165) is 0 Å². The SMILES string of the molecule is CCC1CCCCC1Nc1nc(OC)ncc1Cl. The molecule has 4 nitrogen and oxygen atoms in total. The first-order chi connectivity index (χ1) is 8.74. The molecule has 0 aliphatic heterocycles. The number of hydrogen-bond donors (Lipinski definition) is 1. The van der Waals surface area contributed by atoms with Crippen molar-refractivity contribution >= 4 is 17.4 Å². The van der Waals surface area contributed by atoms with E-state index in [1.165, 1.54) is 32.1 Å². The molecule has 1 aliphatic carbocycles. The zero-order valence-corrected chi connectivity index (χ0v) is 11.7. The molecule has 2 rings (SSSR count). The summed E-state index contributed by atoms with van der Waals surface area (Å²) in [5.74, 6) is 1.39. The van der Waals surface area contributed by atoms with Crippen molar-refractivity contribution in [3.05, 3.63) is 11.2 Å². The van der Waals surface area contributed by atoms with Crippen LogP contribution in [-0.2, 0) is 0 Å². The van der Waals surface area contributed by atoms with E-state index in [1.807, 2.05) is 0 Å². The Morgan fingerprint density at radius 2 is 2.22 bits per heavy atom. The van der Waals surface area contributed by atoms with Gasteiger partial charge in [0.2, 0.25) is 0 Å². The van der Waals surface area contributed by atoms with Crippen LogP contribution in [0.5, 0.6) is 6.01 Å². The lowest BCUT2D eigenvalue weighted by Crippen LogP contribution is -2.32. The summed E-state index contributed by atoms with van der Waals surface area (Å²) in [6, 6.07) is 0.812. The number of nitrogens with zero attached hydrogens (tertiary/aromatic N) is 2. The second-order valence-electron chi connectivity index (χ2n) is 4.76. The van der Waals surface area contributed by atoms with Crippen molar-refractivity contribution in [1.82, 2.24) is 9.97 Å². The third-order valence-electron chi connectivity index (χ3n) is 3.66. The largest absolute Gasteiger partial charge is 0.467 e. The molecule has 18 heavy (non-hydrogen) atoms. The van der Waals surface area contributed by atoms with Crippen LogP contribution in [0.25, 0.3) is 0 Å². The predicted molar refractivity (Wildman–Crippen MR) is 73.3 cm³/mol. The molecule has 2 unspecified atom stereocenters. The topological polar surface area (TPSA) is 47.0 Å². The molecule has 0 amide bonds. The van der Waals surface area contributed by atoms with E-state index in [9.17, 15) is 0 Å². The van der Waals surface area contributed by atoms with Gasteiger partial charge in [-0.05, 0) is 18.8 Å². The second-order valence-corrected chi connectivity index (χ2v) is 5.16. The van der Waals surface area contributed by atoms with Crippen LogP contribution in [0.15, 0.2) is 6.20 Å². The molecule has 1 N–H and O–H groups in total. The third-order valence-corrected chi connectivity index (χ3v) is 3.94. The lowest BCUT2D eigenvalue weighted by molar-refractivity contribution is 0.316. The molecule has 1 saturated carbocycles. The fraction of sp³-hybridized carbons (Fsp3) is 0.692. The Morgan fingerprint density at radius 1 is 1.44 bits per heavy atom. The third kappa shape index (κ3) is 3.05. The molecule has 100 valence electrons. The Labute approximate surface area is 113 Å². The van der Waals surface area contributed by atoms with Crippen molar-refractivity contribution in [3.63, 3.8) is 0 Å². The Kier molecular flexibility index (Phi) is 4.64. The second kappa shape index (κ2) is 6.23. The van der Waals surface area contributed by atoms with E-state index >= 15 is 0 Å². The molecule has 0 radical (unpaired) electrons. The summed E-state index contributed by atoms with van der Waals surface area (Å²) in [6.45, 7) is 2.24. The molecule has 1 heterocycles. The molecule has 0 saturated heterocycles. The first-order valence-corrected chi connectivity index (χ1v) is 6.95. The summed E-state index contributed by atoms with van der Waals surface area (Å²) in [4.78, 5) is 8.26. The van der Waals surface area contributed by atoms with Crippen LogP contribution >= 0.6 is 11.6 Å². The van der Waals surface area contributed by atoms with Crippen LogP contribution in [0.2, 0.25) is 5.02 Å². The number of rotatable bonds is 4. The van der Waals surface area contributed by atoms with Crippen LogP contribution in [0.3, 0.4) is 0 Å².